The molecule has 0 spiro atoms. The van der Waals surface area contributed by atoms with Crippen LogP contribution in [0.1, 0.15) is 16.7 Å². The molecular weight excluding hydrogens is 306 g/mol. The van der Waals surface area contributed by atoms with Gasteiger partial charge in [-0.2, -0.15) is 5.10 Å². The minimum atomic E-state index is 0.747. The summed E-state index contributed by atoms with van der Waals surface area (Å²) >= 11 is 5.99. The minimum absolute atomic E-state index is 0.747. The Balaban J connectivity index is 1.49. The molecule has 0 radical (unpaired) electrons. The minimum Gasteiger partial charge on any atom is -0.295 e. The molecule has 1 heterocycles. The van der Waals surface area contributed by atoms with Crippen LogP contribution in [0.4, 0.5) is 0 Å². The predicted octanol–water partition coefficient (Wildman–Crippen LogP) is 3.80. The first-order chi connectivity index (χ1) is 11.2. The molecule has 1 aliphatic heterocycles. The van der Waals surface area contributed by atoms with E-state index in [1.54, 1.807) is 0 Å². The molecule has 3 rings (SSSR count). The van der Waals surface area contributed by atoms with Crippen LogP contribution in [0.25, 0.3) is 0 Å². The van der Waals surface area contributed by atoms with Gasteiger partial charge in [0.1, 0.15) is 0 Å². The number of benzene rings is 2. The number of rotatable bonds is 4. The Bertz CT molecular complexity index is 659. The predicted molar refractivity (Wildman–Crippen MR) is 97.1 cm³/mol. The lowest BCUT2D eigenvalue weighted by Gasteiger charge is -2.33. The maximum atomic E-state index is 5.99. The van der Waals surface area contributed by atoms with Crippen LogP contribution in [-0.2, 0) is 6.54 Å². The summed E-state index contributed by atoms with van der Waals surface area (Å²) in [6.45, 7) is 7.15. The lowest BCUT2D eigenvalue weighted by atomic mass is 10.1. The third-order valence-electron chi connectivity index (χ3n) is 4.09. The molecule has 0 atom stereocenters. The molecule has 23 heavy (non-hydrogen) atoms. The topological polar surface area (TPSA) is 18.8 Å². The molecule has 2 aromatic rings. The van der Waals surface area contributed by atoms with Crippen molar-refractivity contribution in [3.05, 3.63) is 70.2 Å². The van der Waals surface area contributed by atoms with Crippen LogP contribution in [0.2, 0.25) is 5.02 Å². The first kappa shape index (κ1) is 16.0. The van der Waals surface area contributed by atoms with E-state index in [9.17, 15) is 0 Å². The molecule has 1 saturated heterocycles. The molecule has 0 aliphatic carbocycles. The van der Waals surface area contributed by atoms with Crippen LogP contribution in [-0.4, -0.2) is 42.3 Å². The summed E-state index contributed by atoms with van der Waals surface area (Å²) in [6, 6.07) is 16.6. The van der Waals surface area contributed by atoms with Crippen LogP contribution in [0.5, 0.6) is 0 Å². The van der Waals surface area contributed by atoms with Gasteiger partial charge in [0.15, 0.2) is 0 Å². The van der Waals surface area contributed by atoms with Gasteiger partial charge >= 0.3 is 0 Å². The molecule has 0 saturated carbocycles. The second-order valence-corrected chi connectivity index (χ2v) is 6.45. The maximum Gasteiger partial charge on any atom is 0.0543 e. The Labute approximate surface area is 143 Å². The van der Waals surface area contributed by atoms with E-state index >= 15 is 0 Å². The number of hydrazone groups is 1. The highest BCUT2D eigenvalue weighted by Gasteiger charge is 2.15. The zero-order valence-corrected chi connectivity index (χ0v) is 14.2. The van der Waals surface area contributed by atoms with E-state index in [4.69, 9.17) is 11.6 Å². The zero-order chi connectivity index (χ0) is 16.1. The number of hydrogen-bond acceptors (Lipinski definition) is 3. The molecular formula is C19H22ClN3. The Morgan fingerprint density at radius 2 is 1.78 bits per heavy atom. The normalized spacial score (nSPS) is 16.2. The Kier molecular flexibility index (Phi) is 5.31. The SMILES string of the molecule is Cc1ccc(CN2CCN(/N=C\c3cccc(Cl)c3)CC2)cc1. The van der Waals surface area contributed by atoms with Crippen molar-refractivity contribution in [3.8, 4) is 0 Å². The van der Waals surface area contributed by atoms with Gasteiger partial charge in [-0.05, 0) is 30.2 Å². The zero-order valence-electron chi connectivity index (χ0n) is 13.5. The number of halogens is 1. The van der Waals surface area contributed by atoms with Crippen LogP contribution < -0.4 is 0 Å². The fourth-order valence-corrected chi connectivity index (χ4v) is 2.90. The summed E-state index contributed by atoms with van der Waals surface area (Å²) in [4.78, 5) is 2.48. The number of hydrogen-bond donors (Lipinski definition) is 0. The fraction of sp³-hybridized carbons (Fsp3) is 0.316. The van der Waals surface area contributed by atoms with Crippen molar-refractivity contribution >= 4 is 17.8 Å². The average molecular weight is 328 g/mol. The van der Waals surface area contributed by atoms with Crippen molar-refractivity contribution in [1.29, 1.82) is 0 Å². The van der Waals surface area contributed by atoms with Crippen LogP contribution in [0.3, 0.4) is 0 Å². The molecule has 0 N–H and O–H groups in total. The van der Waals surface area contributed by atoms with Crippen LogP contribution in [0, 0.1) is 6.92 Å². The second kappa shape index (κ2) is 7.62. The standard InChI is InChI=1S/C19H22ClN3/c1-16-5-7-17(8-6-16)15-22-9-11-23(12-10-22)21-14-18-3-2-4-19(20)13-18/h2-8,13-14H,9-12,15H2,1H3/b21-14-. The highest BCUT2D eigenvalue weighted by molar-refractivity contribution is 6.30. The molecule has 1 aliphatic rings. The van der Waals surface area contributed by atoms with E-state index in [1.807, 2.05) is 30.5 Å². The number of aryl methyl sites for hydroxylation is 1. The van der Waals surface area contributed by atoms with Gasteiger partial charge in [-0.25, -0.2) is 0 Å². The van der Waals surface area contributed by atoms with Gasteiger partial charge in [-0.1, -0.05) is 53.6 Å². The van der Waals surface area contributed by atoms with Crippen molar-refractivity contribution in [3.63, 3.8) is 0 Å². The summed E-state index contributed by atoms with van der Waals surface area (Å²) in [7, 11) is 0. The van der Waals surface area contributed by atoms with Crippen LogP contribution >= 0.6 is 11.6 Å². The van der Waals surface area contributed by atoms with Gasteiger partial charge in [0.2, 0.25) is 0 Å². The molecule has 0 aromatic heterocycles. The summed E-state index contributed by atoms with van der Waals surface area (Å²) in [5.41, 5.74) is 3.74. The quantitative estimate of drug-likeness (QED) is 0.795. The van der Waals surface area contributed by atoms with Gasteiger partial charge < -0.3 is 0 Å². The van der Waals surface area contributed by atoms with Crippen LogP contribution in [0.15, 0.2) is 53.6 Å². The third kappa shape index (κ3) is 4.81. The van der Waals surface area contributed by atoms with E-state index in [2.05, 4.69) is 46.2 Å². The third-order valence-corrected chi connectivity index (χ3v) is 4.33. The maximum absolute atomic E-state index is 5.99. The summed E-state index contributed by atoms with van der Waals surface area (Å²) in [5.74, 6) is 0. The summed E-state index contributed by atoms with van der Waals surface area (Å²) in [5, 5.41) is 7.45. The van der Waals surface area contributed by atoms with Gasteiger partial charge in [-0.15, -0.1) is 0 Å². The van der Waals surface area contributed by atoms with E-state index < -0.39 is 0 Å². The fourth-order valence-electron chi connectivity index (χ4n) is 2.70. The molecule has 2 aromatic carbocycles. The Morgan fingerprint density at radius 3 is 2.48 bits per heavy atom. The van der Waals surface area contributed by atoms with Crippen molar-refractivity contribution in [2.75, 3.05) is 26.2 Å². The summed E-state index contributed by atoms with van der Waals surface area (Å²) < 4.78 is 0. The monoisotopic (exact) mass is 327 g/mol. The highest BCUT2D eigenvalue weighted by Crippen LogP contribution is 2.11. The molecule has 0 amide bonds. The van der Waals surface area contributed by atoms with E-state index in [1.165, 1.54) is 11.1 Å². The number of nitrogens with zero attached hydrogens (tertiary/aromatic N) is 3. The average Bonchev–Trinajstić information content (AvgIpc) is 2.56. The molecule has 120 valence electrons. The van der Waals surface area contributed by atoms with Gasteiger partial charge in [-0.3, -0.25) is 9.91 Å². The lowest BCUT2D eigenvalue weighted by molar-refractivity contribution is 0.131. The largest absolute Gasteiger partial charge is 0.295 e. The van der Waals surface area contributed by atoms with Crippen molar-refractivity contribution in [1.82, 2.24) is 9.91 Å². The van der Waals surface area contributed by atoms with E-state index in [0.29, 0.717) is 0 Å². The van der Waals surface area contributed by atoms with E-state index in [0.717, 1.165) is 43.3 Å². The lowest BCUT2D eigenvalue weighted by Crippen LogP contribution is -2.43. The van der Waals surface area contributed by atoms with E-state index in [-0.39, 0.29) is 0 Å². The Morgan fingerprint density at radius 1 is 1.04 bits per heavy atom. The Hall–Kier alpha value is -1.84. The first-order valence-electron chi connectivity index (χ1n) is 8.01. The molecule has 0 bridgehead atoms. The first-order valence-corrected chi connectivity index (χ1v) is 8.39. The number of piperazine rings is 1. The van der Waals surface area contributed by atoms with Crippen molar-refractivity contribution in [2.24, 2.45) is 5.10 Å². The highest BCUT2D eigenvalue weighted by atomic mass is 35.5. The summed E-state index contributed by atoms with van der Waals surface area (Å²) in [6.07, 6.45) is 1.89. The van der Waals surface area contributed by atoms with Gasteiger partial charge in [0, 0.05) is 37.7 Å². The molecule has 3 nitrogen and oxygen atoms in total. The second-order valence-electron chi connectivity index (χ2n) is 6.01. The molecule has 4 heteroatoms. The molecule has 0 unspecified atom stereocenters. The van der Waals surface area contributed by atoms with Gasteiger partial charge in [0.05, 0.1) is 6.21 Å². The smallest absolute Gasteiger partial charge is 0.0543 e. The van der Waals surface area contributed by atoms with Crippen molar-refractivity contribution in [2.45, 2.75) is 13.5 Å². The molecule has 1 fully saturated rings. The van der Waals surface area contributed by atoms with Gasteiger partial charge in [0.25, 0.3) is 0 Å². The van der Waals surface area contributed by atoms with Crippen molar-refractivity contribution < 1.29 is 0 Å².